The normalized spacial score (nSPS) is 18.5. The summed E-state index contributed by atoms with van der Waals surface area (Å²) in [6.07, 6.45) is 2.79. The summed E-state index contributed by atoms with van der Waals surface area (Å²) in [4.78, 5) is 28.0. The number of carbonyl (C=O) groups is 2. The zero-order chi connectivity index (χ0) is 15.5. The number of morpholine rings is 1. The molecule has 1 fully saturated rings. The van der Waals surface area contributed by atoms with Crippen LogP contribution in [0.1, 0.15) is 12.0 Å². The van der Waals surface area contributed by atoms with Gasteiger partial charge in [0.25, 0.3) is 0 Å². The summed E-state index contributed by atoms with van der Waals surface area (Å²) in [5, 5.41) is 10.3. The fourth-order valence-corrected chi connectivity index (χ4v) is 2.76. The van der Waals surface area contributed by atoms with Crippen molar-refractivity contribution in [1.29, 1.82) is 0 Å². The minimum Gasteiger partial charge on any atom is -0.480 e. The van der Waals surface area contributed by atoms with Gasteiger partial charge in [-0.15, -0.1) is 0 Å². The van der Waals surface area contributed by atoms with Crippen molar-refractivity contribution >= 4 is 22.8 Å². The number of fused-ring (bicyclic) bond motifs is 1. The van der Waals surface area contributed by atoms with Crippen LogP contribution in [0.25, 0.3) is 10.9 Å². The Morgan fingerprint density at radius 2 is 2.23 bits per heavy atom. The van der Waals surface area contributed by atoms with E-state index in [9.17, 15) is 9.59 Å². The van der Waals surface area contributed by atoms with Gasteiger partial charge in [0.15, 0.2) is 6.04 Å². The molecule has 0 saturated carbocycles. The minimum absolute atomic E-state index is 0.0659. The highest BCUT2D eigenvalue weighted by Gasteiger charge is 2.32. The summed E-state index contributed by atoms with van der Waals surface area (Å²) >= 11 is 0. The van der Waals surface area contributed by atoms with E-state index >= 15 is 0 Å². The van der Waals surface area contributed by atoms with Gasteiger partial charge in [0.1, 0.15) is 0 Å². The van der Waals surface area contributed by atoms with Gasteiger partial charge in [-0.05, 0) is 35.6 Å². The highest BCUT2D eigenvalue weighted by Crippen LogP contribution is 2.16. The SMILES string of the molecule is O=C(O)[C@H]1COCCN1C(=O)CCc1ccc2[nH]ccc2c1. The lowest BCUT2D eigenvalue weighted by Crippen LogP contribution is -2.52. The number of hydrogen-bond acceptors (Lipinski definition) is 3. The van der Waals surface area contributed by atoms with Gasteiger partial charge in [0.2, 0.25) is 5.91 Å². The van der Waals surface area contributed by atoms with Gasteiger partial charge < -0.3 is 19.7 Å². The van der Waals surface area contributed by atoms with Gasteiger partial charge >= 0.3 is 5.97 Å². The number of aliphatic carboxylic acids is 1. The number of carboxylic acid groups (broad SMARTS) is 1. The first-order valence-electron chi connectivity index (χ1n) is 7.31. The predicted molar refractivity (Wildman–Crippen MR) is 80.6 cm³/mol. The molecule has 0 bridgehead atoms. The molecule has 1 aliphatic rings. The van der Waals surface area contributed by atoms with Crippen molar-refractivity contribution in [3.63, 3.8) is 0 Å². The zero-order valence-corrected chi connectivity index (χ0v) is 12.1. The number of aromatic amines is 1. The highest BCUT2D eigenvalue weighted by atomic mass is 16.5. The van der Waals surface area contributed by atoms with Crippen LogP contribution in [-0.2, 0) is 20.7 Å². The Morgan fingerprint density at radius 1 is 1.36 bits per heavy atom. The summed E-state index contributed by atoms with van der Waals surface area (Å²) in [6, 6.07) is 7.15. The lowest BCUT2D eigenvalue weighted by molar-refractivity contribution is -0.158. The fraction of sp³-hybridized carbons (Fsp3) is 0.375. The molecule has 6 nitrogen and oxygen atoms in total. The van der Waals surface area contributed by atoms with E-state index in [0.29, 0.717) is 26.0 Å². The number of H-pyrrole nitrogens is 1. The monoisotopic (exact) mass is 302 g/mol. The molecule has 1 amide bonds. The molecule has 1 aliphatic heterocycles. The lowest BCUT2D eigenvalue weighted by Gasteiger charge is -2.32. The molecule has 1 atom stereocenters. The Balaban J connectivity index is 1.64. The molecule has 1 aromatic carbocycles. The van der Waals surface area contributed by atoms with Crippen LogP contribution in [0.5, 0.6) is 0 Å². The number of aryl methyl sites for hydroxylation is 1. The third-order valence-electron chi connectivity index (χ3n) is 3.98. The maximum atomic E-state index is 12.3. The van der Waals surface area contributed by atoms with Crippen LogP contribution >= 0.6 is 0 Å². The van der Waals surface area contributed by atoms with Gasteiger partial charge in [-0.3, -0.25) is 4.79 Å². The topological polar surface area (TPSA) is 82.6 Å². The lowest BCUT2D eigenvalue weighted by atomic mass is 10.1. The van der Waals surface area contributed by atoms with E-state index < -0.39 is 12.0 Å². The number of amides is 1. The Hall–Kier alpha value is -2.34. The van der Waals surface area contributed by atoms with Gasteiger partial charge in [0, 0.05) is 24.7 Å². The molecule has 2 N–H and O–H groups in total. The van der Waals surface area contributed by atoms with Crippen molar-refractivity contribution < 1.29 is 19.4 Å². The fourth-order valence-electron chi connectivity index (χ4n) is 2.76. The first-order valence-corrected chi connectivity index (χ1v) is 7.31. The molecule has 1 aromatic heterocycles. The van der Waals surface area contributed by atoms with Crippen molar-refractivity contribution in [2.75, 3.05) is 19.8 Å². The summed E-state index contributed by atoms with van der Waals surface area (Å²) in [5.41, 5.74) is 2.13. The van der Waals surface area contributed by atoms with Gasteiger partial charge in [-0.2, -0.15) is 0 Å². The van der Waals surface area contributed by atoms with Gasteiger partial charge in [-0.1, -0.05) is 6.07 Å². The standard InChI is InChI=1S/C16H18N2O4/c19-15(18-7-8-22-10-14(18)16(20)21)4-2-11-1-3-13-12(9-11)5-6-17-13/h1,3,5-6,9,14,17H,2,4,7-8,10H2,(H,20,21)/t14-/m1/s1. The summed E-state index contributed by atoms with van der Waals surface area (Å²) in [7, 11) is 0. The second kappa shape index (κ2) is 6.19. The smallest absolute Gasteiger partial charge is 0.328 e. The number of carbonyl (C=O) groups excluding carboxylic acids is 1. The van der Waals surface area contributed by atoms with Crippen LogP contribution in [0.2, 0.25) is 0 Å². The predicted octanol–water partition coefficient (Wildman–Crippen LogP) is 1.41. The minimum atomic E-state index is -1.01. The first kappa shape index (κ1) is 14.6. The molecule has 0 aliphatic carbocycles. The summed E-state index contributed by atoms with van der Waals surface area (Å²) in [5.74, 6) is -1.15. The number of ether oxygens (including phenoxy) is 1. The van der Waals surface area contributed by atoms with Crippen LogP contribution < -0.4 is 0 Å². The average molecular weight is 302 g/mol. The molecule has 22 heavy (non-hydrogen) atoms. The molecular formula is C16H18N2O4. The Morgan fingerprint density at radius 3 is 3.05 bits per heavy atom. The molecular weight excluding hydrogens is 284 g/mol. The third kappa shape index (κ3) is 2.96. The van der Waals surface area contributed by atoms with Crippen LogP contribution in [0.3, 0.4) is 0 Å². The number of carboxylic acids is 1. The van der Waals surface area contributed by atoms with E-state index in [0.717, 1.165) is 16.5 Å². The van der Waals surface area contributed by atoms with Crippen LogP contribution in [0, 0.1) is 0 Å². The van der Waals surface area contributed by atoms with E-state index in [1.807, 2.05) is 30.5 Å². The Labute approximate surface area is 127 Å². The number of benzene rings is 1. The number of aromatic nitrogens is 1. The molecule has 0 unspecified atom stereocenters. The largest absolute Gasteiger partial charge is 0.480 e. The maximum absolute atomic E-state index is 12.3. The van der Waals surface area contributed by atoms with E-state index in [1.165, 1.54) is 4.90 Å². The van der Waals surface area contributed by atoms with Crippen molar-refractivity contribution in [3.8, 4) is 0 Å². The van der Waals surface area contributed by atoms with Crippen molar-refractivity contribution in [2.24, 2.45) is 0 Å². The molecule has 0 radical (unpaired) electrons. The van der Waals surface area contributed by atoms with E-state index in [2.05, 4.69) is 4.98 Å². The molecule has 0 spiro atoms. The number of hydrogen-bond donors (Lipinski definition) is 2. The van der Waals surface area contributed by atoms with E-state index in [4.69, 9.17) is 9.84 Å². The maximum Gasteiger partial charge on any atom is 0.328 e. The van der Waals surface area contributed by atoms with E-state index in [-0.39, 0.29) is 12.5 Å². The second-order valence-corrected chi connectivity index (χ2v) is 5.42. The second-order valence-electron chi connectivity index (χ2n) is 5.42. The summed E-state index contributed by atoms with van der Waals surface area (Å²) in [6.45, 7) is 0.799. The van der Waals surface area contributed by atoms with Crippen molar-refractivity contribution in [3.05, 3.63) is 36.0 Å². The third-order valence-corrected chi connectivity index (χ3v) is 3.98. The molecule has 6 heteroatoms. The van der Waals surface area contributed by atoms with Gasteiger partial charge in [0.05, 0.1) is 13.2 Å². The number of nitrogens with zero attached hydrogens (tertiary/aromatic N) is 1. The van der Waals surface area contributed by atoms with Crippen LogP contribution in [-0.4, -0.2) is 52.7 Å². The van der Waals surface area contributed by atoms with Crippen LogP contribution in [0.15, 0.2) is 30.5 Å². The number of nitrogens with one attached hydrogen (secondary N) is 1. The first-order chi connectivity index (χ1) is 10.6. The quantitative estimate of drug-likeness (QED) is 0.894. The van der Waals surface area contributed by atoms with Crippen LogP contribution in [0.4, 0.5) is 0 Å². The van der Waals surface area contributed by atoms with Crippen molar-refractivity contribution in [1.82, 2.24) is 9.88 Å². The molecule has 2 aromatic rings. The highest BCUT2D eigenvalue weighted by molar-refractivity contribution is 5.84. The Kier molecular flexibility index (Phi) is 4.11. The molecule has 116 valence electrons. The Bertz CT molecular complexity index is 694. The molecule has 2 heterocycles. The molecule has 1 saturated heterocycles. The van der Waals surface area contributed by atoms with E-state index in [1.54, 1.807) is 0 Å². The number of rotatable bonds is 4. The van der Waals surface area contributed by atoms with Crippen molar-refractivity contribution in [2.45, 2.75) is 18.9 Å². The average Bonchev–Trinajstić information content (AvgIpc) is 3.00. The zero-order valence-electron chi connectivity index (χ0n) is 12.1. The van der Waals surface area contributed by atoms with Gasteiger partial charge in [-0.25, -0.2) is 4.79 Å². The molecule has 3 rings (SSSR count). The summed E-state index contributed by atoms with van der Waals surface area (Å²) < 4.78 is 5.15.